The number of allylic oxidation sites excluding steroid dienone is 1. The van der Waals surface area contributed by atoms with E-state index < -0.39 is 0 Å². The number of halogens is 1. The molecule has 0 aromatic heterocycles. The highest BCUT2D eigenvalue weighted by atomic mass is 127. The van der Waals surface area contributed by atoms with Crippen LogP contribution < -0.4 is 0 Å². The van der Waals surface area contributed by atoms with E-state index in [0.29, 0.717) is 0 Å². The third-order valence-electron chi connectivity index (χ3n) is 2.35. The van der Waals surface area contributed by atoms with Crippen LogP contribution in [0.1, 0.15) is 23.2 Å². The maximum absolute atomic E-state index is 12.1. The summed E-state index contributed by atoms with van der Waals surface area (Å²) in [4.78, 5) is 13.8. The van der Waals surface area contributed by atoms with E-state index in [1.807, 2.05) is 37.4 Å². The molecule has 16 heavy (non-hydrogen) atoms. The van der Waals surface area contributed by atoms with Crippen LogP contribution in [0.25, 0.3) is 0 Å². The zero-order chi connectivity index (χ0) is 12.0. The van der Waals surface area contributed by atoms with Crippen molar-refractivity contribution in [1.82, 2.24) is 4.90 Å². The second-order valence-corrected chi connectivity index (χ2v) is 4.80. The Labute approximate surface area is 110 Å². The Morgan fingerprint density at radius 3 is 2.81 bits per heavy atom. The number of hydrogen-bond donors (Lipinski definition) is 0. The third-order valence-corrected chi connectivity index (χ3v) is 3.29. The number of nitrogens with zero attached hydrogens (tertiary/aromatic N) is 1. The Morgan fingerprint density at radius 1 is 1.50 bits per heavy atom. The number of unbranched alkanes of at least 4 members (excludes halogenated alkanes) is 1. The van der Waals surface area contributed by atoms with Gasteiger partial charge in [0.15, 0.2) is 0 Å². The fourth-order valence-electron chi connectivity index (χ4n) is 1.41. The molecule has 0 aliphatic heterocycles. The maximum atomic E-state index is 12.1. The molecule has 1 aromatic rings. The largest absolute Gasteiger partial charge is 0.342 e. The normalized spacial score (nSPS) is 9.88. The minimum absolute atomic E-state index is 0.0917. The van der Waals surface area contributed by atoms with Crippen molar-refractivity contribution in [1.29, 1.82) is 0 Å². The van der Waals surface area contributed by atoms with Crippen molar-refractivity contribution in [2.45, 2.75) is 12.8 Å². The van der Waals surface area contributed by atoms with E-state index >= 15 is 0 Å². The molecule has 1 rings (SSSR count). The Morgan fingerprint density at radius 2 is 2.19 bits per heavy atom. The molecule has 0 saturated heterocycles. The Kier molecular flexibility index (Phi) is 5.52. The average Bonchev–Trinajstić information content (AvgIpc) is 2.29. The predicted molar refractivity (Wildman–Crippen MR) is 75.6 cm³/mol. The lowest BCUT2D eigenvalue weighted by Gasteiger charge is -2.17. The van der Waals surface area contributed by atoms with Crippen LogP contribution in [-0.4, -0.2) is 24.4 Å². The van der Waals surface area contributed by atoms with Gasteiger partial charge in [0.25, 0.3) is 5.91 Å². The number of amides is 1. The molecule has 0 unspecified atom stereocenters. The third kappa shape index (κ3) is 3.63. The Hall–Kier alpha value is -0.840. The Bertz CT molecular complexity index is 376. The summed E-state index contributed by atoms with van der Waals surface area (Å²) in [6.07, 6.45) is 3.79. The van der Waals surface area contributed by atoms with Crippen LogP contribution in [0.3, 0.4) is 0 Å². The molecule has 1 amide bonds. The lowest BCUT2D eigenvalue weighted by molar-refractivity contribution is 0.0793. The minimum atomic E-state index is 0.0917. The zero-order valence-corrected chi connectivity index (χ0v) is 11.6. The molecule has 0 atom stereocenters. The summed E-state index contributed by atoms with van der Waals surface area (Å²) in [5.74, 6) is 0.0917. The summed E-state index contributed by atoms with van der Waals surface area (Å²) in [6, 6.07) is 7.66. The van der Waals surface area contributed by atoms with E-state index in [4.69, 9.17) is 0 Å². The van der Waals surface area contributed by atoms with Gasteiger partial charge in [-0.1, -0.05) is 18.2 Å². The van der Waals surface area contributed by atoms with E-state index in [1.165, 1.54) is 0 Å². The van der Waals surface area contributed by atoms with Gasteiger partial charge < -0.3 is 4.90 Å². The van der Waals surface area contributed by atoms with Gasteiger partial charge in [0.05, 0.1) is 5.56 Å². The summed E-state index contributed by atoms with van der Waals surface area (Å²) in [5.41, 5.74) is 0.782. The molecule has 0 heterocycles. The summed E-state index contributed by atoms with van der Waals surface area (Å²) in [5, 5.41) is 0. The fraction of sp³-hybridized carbons (Fsp3) is 0.308. The van der Waals surface area contributed by atoms with E-state index in [0.717, 1.165) is 28.5 Å². The number of rotatable bonds is 5. The van der Waals surface area contributed by atoms with Crippen molar-refractivity contribution in [2.75, 3.05) is 13.6 Å². The highest BCUT2D eigenvalue weighted by Crippen LogP contribution is 2.13. The molecule has 0 aliphatic rings. The van der Waals surface area contributed by atoms with Crippen molar-refractivity contribution in [3.63, 3.8) is 0 Å². The maximum Gasteiger partial charge on any atom is 0.254 e. The summed E-state index contributed by atoms with van der Waals surface area (Å²) >= 11 is 2.19. The van der Waals surface area contributed by atoms with Gasteiger partial charge in [-0.3, -0.25) is 4.79 Å². The SMILES string of the molecule is C=CCCCN(C)C(=O)c1ccccc1I. The molecule has 0 N–H and O–H groups in total. The number of hydrogen-bond acceptors (Lipinski definition) is 1. The second-order valence-electron chi connectivity index (χ2n) is 3.64. The van der Waals surface area contributed by atoms with E-state index in [2.05, 4.69) is 29.2 Å². The van der Waals surface area contributed by atoms with E-state index in [-0.39, 0.29) is 5.91 Å². The van der Waals surface area contributed by atoms with Gasteiger partial charge in [-0.15, -0.1) is 6.58 Å². The first-order valence-corrected chi connectivity index (χ1v) is 6.35. The van der Waals surface area contributed by atoms with Crippen molar-refractivity contribution in [3.8, 4) is 0 Å². The summed E-state index contributed by atoms with van der Waals surface area (Å²) in [7, 11) is 1.84. The molecule has 0 fully saturated rings. The van der Waals surface area contributed by atoms with Gasteiger partial charge in [-0.05, 0) is 47.6 Å². The minimum Gasteiger partial charge on any atom is -0.342 e. The molecule has 2 nitrogen and oxygen atoms in total. The highest BCUT2D eigenvalue weighted by molar-refractivity contribution is 14.1. The molecule has 1 aromatic carbocycles. The molecule has 0 spiro atoms. The first kappa shape index (κ1) is 13.2. The summed E-state index contributed by atoms with van der Waals surface area (Å²) < 4.78 is 1.00. The molecule has 0 aliphatic carbocycles. The molecule has 0 radical (unpaired) electrons. The first-order valence-electron chi connectivity index (χ1n) is 5.27. The lowest BCUT2D eigenvalue weighted by Crippen LogP contribution is -2.28. The smallest absolute Gasteiger partial charge is 0.254 e. The average molecular weight is 329 g/mol. The topological polar surface area (TPSA) is 20.3 Å². The van der Waals surface area contributed by atoms with Gasteiger partial charge in [-0.2, -0.15) is 0 Å². The van der Waals surface area contributed by atoms with Crippen LogP contribution in [0, 0.1) is 3.57 Å². The quantitative estimate of drug-likeness (QED) is 0.461. The standard InChI is InChI=1S/C13H16INO/c1-3-4-7-10-15(2)13(16)11-8-5-6-9-12(11)14/h3,5-6,8-9H,1,4,7,10H2,2H3. The van der Waals surface area contributed by atoms with Crippen molar-refractivity contribution in [3.05, 3.63) is 46.1 Å². The number of carbonyl (C=O) groups is 1. The fourth-order valence-corrected chi connectivity index (χ4v) is 2.03. The van der Waals surface area contributed by atoms with E-state index in [9.17, 15) is 4.79 Å². The van der Waals surface area contributed by atoms with Gasteiger partial charge in [0.1, 0.15) is 0 Å². The first-order chi connectivity index (χ1) is 7.66. The van der Waals surface area contributed by atoms with Crippen LogP contribution in [0.5, 0.6) is 0 Å². The second kappa shape index (κ2) is 6.68. The Balaban J connectivity index is 2.63. The molecule has 3 heteroatoms. The highest BCUT2D eigenvalue weighted by Gasteiger charge is 2.13. The molecule has 0 bridgehead atoms. The molecular weight excluding hydrogens is 313 g/mol. The van der Waals surface area contributed by atoms with E-state index in [1.54, 1.807) is 4.90 Å². The molecular formula is C13H16INO. The van der Waals surface area contributed by atoms with Crippen LogP contribution in [0.15, 0.2) is 36.9 Å². The number of benzene rings is 1. The van der Waals surface area contributed by atoms with Crippen molar-refractivity contribution < 1.29 is 4.79 Å². The predicted octanol–water partition coefficient (Wildman–Crippen LogP) is 3.33. The van der Waals surface area contributed by atoms with Crippen molar-refractivity contribution >= 4 is 28.5 Å². The van der Waals surface area contributed by atoms with Gasteiger partial charge in [-0.25, -0.2) is 0 Å². The molecule has 0 saturated carbocycles. The van der Waals surface area contributed by atoms with Crippen LogP contribution >= 0.6 is 22.6 Å². The van der Waals surface area contributed by atoms with Gasteiger partial charge in [0.2, 0.25) is 0 Å². The summed E-state index contributed by atoms with van der Waals surface area (Å²) in [6.45, 7) is 4.44. The monoisotopic (exact) mass is 329 g/mol. The van der Waals surface area contributed by atoms with Crippen molar-refractivity contribution in [2.24, 2.45) is 0 Å². The lowest BCUT2D eigenvalue weighted by atomic mass is 10.2. The van der Waals surface area contributed by atoms with Gasteiger partial charge in [0, 0.05) is 17.2 Å². The zero-order valence-electron chi connectivity index (χ0n) is 9.45. The van der Waals surface area contributed by atoms with Crippen LogP contribution in [-0.2, 0) is 0 Å². The van der Waals surface area contributed by atoms with Gasteiger partial charge >= 0.3 is 0 Å². The number of carbonyl (C=O) groups excluding carboxylic acids is 1. The van der Waals surface area contributed by atoms with Crippen LogP contribution in [0.2, 0.25) is 0 Å². The van der Waals surface area contributed by atoms with Crippen LogP contribution in [0.4, 0.5) is 0 Å². The molecule has 86 valence electrons.